The molecule has 1 saturated heterocycles. The maximum absolute atomic E-state index is 9.60. The third kappa shape index (κ3) is 17.0. The van der Waals surface area contributed by atoms with E-state index in [1.54, 1.807) is 0 Å². The van der Waals surface area contributed by atoms with Crippen molar-refractivity contribution in [1.29, 1.82) is 0 Å². The molecule has 1 fully saturated rings. The average Bonchev–Trinajstić information content (AvgIpc) is 2.75. The van der Waals surface area contributed by atoms with Gasteiger partial charge in [0.2, 0.25) is 0 Å². The molecule has 0 aliphatic carbocycles. The van der Waals surface area contributed by atoms with Crippen LogP contribution in [0.4, 0.5) is 0 Å². The van der Waals surface area contributed by atoms with E-state index in [0.717, 1.165) is 19.6 Å². The SMILES string of the molecule is C1COOC1.C=C(C)C(=O)O.C=C(C)C(=O)O. The number of hydrogen-bond donors (Lipinski definition) is 2. The Balaban J connectivity index is 0. The smallest absolute Gasteiger partial charge is 0.330 e. The van der Waals surface area contributed by atoms with Crippen molar-refractivity contribution < 1.29 is 29.6 Å². The van der Waals surface area contributed by atoms with Gasteiger partial charge in [0.1, 0.15) is 0 Å². The van der Waals surface area contributed by atoms with E-state index >= 15 is 0 Å². The number of carboxylic acids is 2. The summed E-state index contributed by atoms with van der Waals surface area (Å²) >= 11 is 0. The zero-order valence-corrected chi connectivity index (χ0v) is 10.1. The summed E-state index contributed by atoms with van der Waals surface area (Å²) in [7, 11) is 0. The molecule has 1 heterocycles. The summed E-state index contributed by atoms with van der Waals surface area (Å²) < 4.78 is 0. The minimum absolute atomic E-state index is 0.176. The topological polar surface area (TPSA) is 93.1 Å². The number of carboxylic acid groups (broad SMARTS) is 2. The Labute approximate surface area is 100 Å². The van der Waals surface area contributed by atoms with E-state index in [2.05, 4.69) is 22.9 Å². The first kappa shape index (κ1) is 17.7. The first-order valence-corrected chi connectivity index (χ1v) is 4.81. The monoisotopic (exact) mass is 246 g/mol. The number of carbonyl (C=O) groups is 2. The molecule has 98 valence electrons. The predicted molar refractivity (Wildman–Crippen MR) is 61.4 cm³/mol. The van der Waals surface area contributed by atoms with E-state index in [0.29, 0.717) is 0 Å². The minimum Gasteiger partial charge on any atom is -0.478 e. The highest BCUT2D eigenvalue weighted by molar-refractivity contribution is 5.85. The van der Waals surface area contributed by atoms with Gasteiger partial charge in [0.05, 0.1) is 13.2 Å². The Hall–Kier alpha value is -1.66. The summed E-state index contributed by atoms with van der Waals surface area (Å²) in [5.74, 6) is -1.87. The third-order valence-electron chi connectivity index (χ3n) is 1.27. The average molecular weight is 246 g/mol. The van der Waals surface area contributed by atoms with Crippen molar-refractivity contribution in [2.24, 2.45) is 0 Å². The zero-order chi connectivity index (χ0) is 13.8. The van der Waals surface area contributed by atoms with Gasteiger partial charge in [-0.05, 0) is 13.8 Å². The third-order valence-corrected chi connectivity index (χ3v) is 1.27. The predicted octanol–water partition coefficient (Wildman–Crippen LogP) is 1.63. The van der Waals surface area contributed by atoms with Gasteiger partial charge in [-0.15, -0.1) is 0 Å². The molecular formula is C11H18O6. The Kier molecular flexibility index (Phi) is 11.3. The molecule has 0 saturated carbocycles. The first-order valence-electron chi connectivity index (χ1n) is 4.81. The van der Waals surface area contributed by atoms with Crippen LogP contribution in [-0.4, -0.2) is 35.4 Å². The fourth-order valence-electron chi connectivity index (χ4n) is 0.295. The van der Waals surface area contributed by atoms with Crippen LogP contribution in [0.2, 0.25) is 0 Å². The second-order valence-corrected chi connectivity index (χ2v) is 3.17. The van der Waals surface area contributed by atoms with Crippen molar-refractivity contribution in [2.75, 3.05) is 13.2 Å². The summed E-state index contributed by atoms with van der Waals surface area (Å²) in [4.78, 5) is 28.1. The van der Waals surface area contributed by atoms with Crippen LogP contribution in [0.15, 0.2) is 24.3 Å². The van der Waals surface area contributed by atoms with E-state index in [9.17, 15) is 9.59 Å². The van der Waals surface area contributed by atoms with Crippen molar-refractivity contribution >= 4 is 11.9 Å². The highest BCUT2D eigenvalue weighted by Gasteiger charge is 1.95. The standard InChI is InChI=1S/2C4H6O2.C3H6O2/c2*1-3(2)4(5)6;1-2-4-5-3-1/h2*1H2,2H3,(H,5,6);1-3H2. The molecule has 1 aliphatic rings. The van der Waals surface area contributed by atoms with Gasteiger partial charge in [0.25, 0.3) is 0 Å². The number of aliphatic carboxylic acids is 2. The maximum Gasteiger partial charge on any atom is 0.330 e. The second-order valence-electron chi connectivity index (χ2n) is 3.17. The van der Waals surface area contributed by atoms with Crippen LogP contribution in [0.25, 0.3) is 0 Å². The molecule has 6 nitrogen and oxygen atoms in total. The molecule has 0 atom stereocenters. The van der Waals surface area contributed by atoms with Crippen molar-refractivity contribution in [2.45, 2.75) is 20.3 Å². The Morgan fingerprint density at radius 2 is 1.18 bits per heavy atom. The summed E-state index contributed by atoms with van der Waals surface area (Å²) in [6, 6.07) is 0. The molecule has 0 aromatic heterocycles. The van der Waals surface area contributed by atoms with Crippen LogP contribution in [0.3, 0.4) is 0 Å². The van der Waals surface area contributed by atoms with Crippen molar-refractivity contribution in [3.05, 3.63) is 24.3 Å². The van der Waals surface area contributed by atoms with Gasteiger partial charge < -0.3 is 10.2 Å². The van der Waals surface area contributed by atoms with E-state index in [-0.39, 0.29) is 11.1 Å². The minimum atomic E-state index is -0.935. The molecule has 1 rings (SSSR count). The lowest BCUT2D eigenvalue weighted by atomic mass is 10.4. The molecule has 17 heavy (non-hydrogen) atoms. The van der Waals surface area contributed by atoms with Crippen LogP contribution in [-0.2, 0) is 19.4 Å². The first-order chi connectivity index (χ1) is 7.79. The van der Waals surface area contributed by atoms with E-state index in [4.69, 9.17) is 10.2 Å². The molecule has 0 unspecified atom stereocenters. The summed E-state index contributed by atoms with van der Waals surface area (Å²) in [5, 5.41) is 15.8. The molecule has 6 heteroatoms. The van der Waals surface area contributed by atoms with Crippen molar-refractivity contribution in [3.8, 4) is 0 Å². The fourth-order valence-corrected chi connectivity index (χ4v) is 0.295. The van der Waals surface area contributed by atoms with E-state index in [1.165, 1.54) is 13.8 Å². The highest BCUT2D eigenvalue weighted by Crippen LogP contribution is 1.93. The molecule has 2 N–H and O–H groups in total. The van der Waals surface area contributed by atoms with Gasteiger partial charge in [0.15, 0.2) is 0 Å². The van der Waals surface area contributed by atoms with Crippen molar-refractivity contribution in [1.82, 2.24) is 0 Å². The lowest BCUT2D eigenvalue weighted by Gasteiger charge is -1.79. The number of rotatable bonds is 2. The van der Waals surface area contributed by atoms with Crippen LogP contribution in [0.5, 0.6) is 0 Å². The lowest BCUT2D eigenvalue weighted by molar-refractivity contribution is -0.248. The zero-order valence-electron chi connectivity index (χ0n) is 10.1. The molecular weight excluding hydrogens is 228 g/mol. The highest BCUT2D eigenvalue weighted by atomic mass is 17.2. The Morgan fingerprint density at radius 3 is 1.24 bits per heavy atom. The van der Waals surface area contributed by atoms with Crippen LogP contribution >= 0.6 is 0 Å². The number of hydrogen-bond acceptors (Lipinski definition) is 4. The van der Waals surface area contributed by atoms with Gasteiger partial charge in [-0.3, -0.25) is 0 Å². The summed E-state index contributed by atoms with van der Waals surface area (Å²) in [5.41, 5.74) is 0.352. The molecule has 0 bridgehead atoms. The van der Waals surface area contributed by atoms with Gasteiger partial charge in [-0.1, -0.05) is 13.2 Å². The normalized spacial score (nSPS) is 12.4. The van der Waals surface area contributed by atoms with Crippen molar-refractivity contribution in [3.63, 3.8) is 0 Å². The fraction of sp³-hybridized carbons (Fsp3) is 0.455. The largest absolute Gasteiger partial charge is 0.478 e. The van der Waals surface area contributed by atoms with Crippen LogP contribution < -0.4 is 0 Å². The summed E-state index contributed by atoms with van der Waals surface area (Å²) in [6.45, 7) is 10.8. The molecule has 0 aromatic rings. The maximum atomic E-state index is 9.60. The Bertz CT molecular complexity index is 222. The molecule has 1 aliphatic heterocycles. The van der Waals surface area contributed by atoms with Gasteiger partial charge in [-0.2, -0.15) is 0 Å². The summed E-state index contributed by atoms with van der Waals surface area (Å²) in [6.07, 6.45) is 1.06. The molecule has 0 amide bonds. The molecule has 0 spiro atoms. The van der Waals surface area contributed by atoms with Crippen LogP contribution in [0.1, 0.15) is 20.3 Å². The lowest BCUT2D eigenvalue weighted by Crippen LogP contribution is -1.92. The molecule has 0 radical (unpaired) electrons. The quantitative estimate of drug-likeness (QED) is 0.568. The van der Waals surface area contributed by atoms with Gasteiger partial charge >= 0.3 is 11.9 Å². The second kappa shape index (κ2) is 10.8. The van der Waals surface area contributed by atoms with Gasteiger partial charge in [0, 0.05) is 17.6 Å². The van der Waals surface area contributed by atoms with E-state index in [1.807, 2.05) is 0 Å². The van der Waals surface area contributed by atoms with Gasteiger partial charge in [-0.25, -0.2) is 19.4 Å². The molecule has 0 aromatic carbocycles. The Morgan fingerprint density at radius 1 is 0.941 bits per heavy atom. The van der Waals surface area contributed by atoms with Crippen LogP contribution in [0, 0.1) is 0 Å². The van der Waals surface area contributed by atoms with E-state index < -0.39 is 11.9 Å².